The molecular formula is C8H16N2O4. The third kappa shape index (κ3) is 10.9. The number of carboxylic acids is 1. The van der Waals surface area contributed by atoms with Crippen molar-refractivity contribution in [1.82, 2.24) is 5.48 Å². The average Bonchev–Trinajstić information content (AvgIpc) is 2.08. The van der Waals surface area contributed by atoms with Crippen LogP contribution in [0.1, 0.15) is 25.7 Å². The van der Waals surface area contributed by atoms with Crippen molar-refractivity contribution in [3.8, 4) is 0 Å². The molecular weight excluding hydrogens is 188 g/mol. The molecule has 0 aliphatic carbocycles. The maximum atomic E-state index is 10.2. The fraction of sp³-hybridized carbons (Fsp3) is 0.750. The number of aliphatic carboxylic acids is 1. The van der Waals surface area contributed by atoms with Gasteiger partial charge in [0.25, 0.3) is 0 Å². The van der Waals surface area contributed by atoms with Gasteiger partial charge in [0, 0.05) is 13.0 Å². The van der Waals surface area contributed by atoms with Gasteiger partial charge in [-0.2, -0.15) is 0 Å². The molecule has 4 N–H and O–H groups in total. The molecule has 14 heavy (non-hydrogen) atoms. The SMILES string of the molecule is NC(=O)CONCCCCCC(=O)O. The first-order chi connectivity index (χ1) is 6.63. The van der Waals surface area contributed by atoms with Gasteiger partial charge in [-0.05, 0) is 12.8 Å². The summed E-state index contributed by atoms with van der Waals surface area (Å²) in [5.74, 6) is -1.30. The van der Waals surface area contributed by atoms with Crippen molar-refractivity contribution in [3.05, 3.63) is 0 Å². The lowest BCUT2D eigenvalue weighted by molar-refractivity contribution is -0.137. The molecule has 0 bridgehead atoms. The van der Waals surface area contributed by atoms with E-state index in [0.717, 1.165) is 12.8 Å². The molecule has 0 aliphatic rings. The highest BCUT2D eigenvalue weighted by molar-refractivity contribution is 5.74. The van der Waals surface area contributed by atoms with Gasteiger partial charge in [0.2, 0.25) is 5.91 Å². The summed E-state index contributed by atoms with van der Waals surface area (Å²) in [6.45, 7) is 0.446. The van der Waals surface area contributed by atoms with Gasteiger partial charge in [0.15, 0.2) is 0 Å². The van der Waals surface area contributed by atoms with E-state index in [1.807, 2.05) is 0 Å². The standard InChI is InChI=1S/C8H16N2O4/c9-7(11)6-14-10-5-3-1-2-4-8(12)13/h10H,1-6H2,(H2,9,11)(H,12,13). The Bertz CT molecular complexity index is 164. The third-order valence-electron chi connectivity index (χ3n) is 1.49. The summed E-state index contributed by atoms with van der Waals surface area (Å²) in [6.07, 6.45) is 2.49. The van der Waals surface area contributed by atoms with Gasteiger partial charge in [0.05, 0.1) is 0 Å². The fourth-order valence-electron chi connectivity index (χ4n) is 0.845. The predicted octanol–water partition coefficient (Wildman–Crippen LogP) is -0.362. The van der Waals surface area contributed by atoms with Crippen LogP contribution in [-0.4, -0.2) is 30.1 Å². The maximum absolute atomic E-state index is 10.2. The highest BCUT2D eigenvalue weighted by atomic mass is 16.6. The molecule has 82 valence electrons. The molecule has 0 unspecified atom stereocenters. The number of carboxylic acid groups (broad SMARTS) is 1. The van der Waals surface area contributed by atoms with E-state index in [1.54, 1.807) is 0 Å². The minimum Gasteiger partial charge on any atom is -0.481 e. The van der Waals surface area contributed by atoms with Crippen LogP contribution in [-0.2, 0) is 14.4 Å². The van der Waals surface area contributed by atoms with Crippen LogP contribution in [0.3, 0.4) is 0 Å². The van der Waals surface area contributed by atoms with Crippen molar-refractivity contribution in [3.63, 3.8) is 0 Å². The number of hydrogen-bond donors (Lipinski definition) is 3. The number of hydroxylamine groups is 1. The number of unbranched alkanes of at least 4 members (excludes halogenated alkanes) is 2. The summed E-state index contributed by atoms with van der Waals surface area (Å²) in [7, 11) is 0. The smallest absolute Gasteiger partial charge is 0.303 e. The second-order valence-corrected chi connectivity index (χ2v) is 2.85. The van der Waals surface area contributed by atoms with Crippen molar-refractivity contribution in [2.45, 2.75) is 25.7 Å². The van der Waals surface area contributed by atoms with Crippen molar-refractivity contribution in [1.29, 1.82) is 0 Å². The molecule has 0 aromatic heterocycles. The summed E-state index contributed by atoms with van der Waals surface area (Å²) >= 11 is 0. The van der Waals surface area contributed by atoms with Gasteiger partial charge in [-0.25, -0.2) is 5.48 Å². The van der Waals surface area contributed by atoms with Crippen LogP contribution in [0, 0.1) is 0 Å². The average molecular weight is 204 g/mol. The van der Waals surface area contributed by atoms with E-state index in [2.05, 4.69) is 10.3 Å². The molecule has 0 saturated heterocycles. The Kier molecular flexibility index (Phi) is 7.77. The minimum atomic E-state index is -0.775. The zero-order valence-corrected chi connectivity index (χ0v) is 7.99. The topological polar surface area (TPSA) is 102 Å². The molecule has 0 rings (SSSR count). The second kappa shape index (κ2) is 8.46. The molecule has 0 aromatic rings. The van der Waals surface area contributed by atoms with Gasteiger partial charge in [-0.1, -0.05) is 6.42 Å². The van der Waals surface area contributed by atoms with E-state index in [9.17, 15) is 9.59 Å². The summed E-state index contributed by atoms with van der Waals surface area (Å²) in [5, 5.41) is 8.32. The normalized spacial score (nSPS) is 10.0. The molecule has 0 heterocycles. The molecule has 0 radical (unpaired) electrons. The summed E-state index contributed by atoms with van der Waals surface area (Å²) in [4.78, 5) is 25.0. The van der Waals surface area contributed by atoms with E-state index >= 15 is 0 Å². The van der Waals surface area contributed by atoms with Crippen LogP contribution in [0.4, 0.5) is 0 Å². The van der Waals surface area contributed by atoms with Crippen LogP contribution >= 0.6 is 0 Å². The molecule has 0 aliphatic heterocycles. The van der Waals surface area contributed by atoms with Crippen molar-refractivity contribution in [2.75, 3.05) is 13.2 Å². The minimum absolute atomic E-state index is 0.144. The molecule has 0 aromatic carbocycles. The number of amides is 1. The van der Waals surface area contributed by atoms with Crippen molar-refractivity contribution >= 4 is 11.9 Å². The van der Waals surface area contributed by atoms with Gasteiger partial charge in [0.1, 0.15) is 6.61 Å². The number of nitrogens with two attached hydrogens (primary N) is 1. The number of rotatable bonds is 9. The molecule has 0 fully saturated rings. The Morgan fingerprint density at radius 1 is 1.29 bits per heavy atom. The summed E-state index contributed by atoms with van der Waals surface area (Å²) in [6, 6.07) is 0. The lowest BCUT2D eigenvalue weighted by Crippen LogP contribution is -2.25. The largest absolute Gasteiger partial charge is 0.481 e. The monoisotopic (exact) mass is 204 g/mol. The van der Waals surface area contributed by atoms with E-state index in [-0.39, 0.29) is 13.0 Å². The fourth-order valence-corrected chi connectivity index (χ4v) is 0.845. The molecule has 0 saturated carbocycles. The first-order valence-corrected chi connectivity index (χ1v) is 4.47. The third-order valence-corrected chi connectivity index (χ3v) is 1.49. The number of carbonyl (C=O) groups is 2. The van der Waals surface area contributed by atoms with Gasteiger partial charge < -0.3 is 10.8 Å². The van der Waals surface area contributed by atoms with Gasteiger partial charge in [-0.3, -0.25) is 14.4 Å². The van der Waals surface area contributed by atoms with Crippen LogP contribution in [0.15, 0.2) is 0 Å². The number of hydrogen-bond acceptors (Lipinski definition) is 4. The van der Waals surface area contributed by atoms with E-state index < -0.39 is 11.9 Å². The molecule has 0 atom stereocenters. The van der Waals surface area contributed by atoms with E-state index in [4.69, 9.17) is 10.8 Å². The predicted molar refractivity (Wildman–Crippen MR) is 49.3 cm³/mol. The van der Waals surface area contributed by atoms with E-state index in [0.29, 0.717) is 13.0 Å². The molecule has 0 spiro atoms. The van der Waals surface area contributed by atoms with E-state index in [1.165, 1.54) is 0 Å². The Hall–Kier alpha value is -1.14. The van der Waals surface area contributed by atoms with Crippen LogP contribution in [0.25, 0.3) is 0 Å². The molecule has 6 heteroatoms. The lowest BCUT2D eigenvalue weighted by atomic mass is 10.2. The highest BCUT2D eigenvalue weighted by Gasteiger charge is 1.96. The summed E-state index contributed by atoms with van der Waals surface area (Å²) < 4.78 is 0. The van der Waals surface area contributed by atoms with Gasteiger partial charge in [-0.15, -0.1) is 0 Å². The molecule has 6 nitrogen and oxygen atoms in total. The first kappa shape index (κ1) is 12.9. The van der Waals surface area contributed by atoms with Crippen LogP contribution < -0.4 is 11.2 Å². The first-order valence-electron chi connectivity index (χ1n) is 4.47. The zero-order chi connectivity index (χ0) is 10.8. The quantitative estimate of drug-likeness (QED) is 0.351. The number of primary amides is 1. The Balaban J connectivity index is 2.99. The zero-order valence-electron chi connectivity index (χ0n) is 7.99. The van der Waals surface area contributed by atoms with Crippen molar-refractivity contribution < 1.29 is 19.5 Å². The Morgan fingerprint density at radius 2 is 2.00 bits per heavy atom. The molecule has 1 amide bonds. The number of nitrogens with one attached hydrogen (secondary N) is 1. The maximum Gasteiger partial charge on any atom is 0.303 e. The van der Waals surface area contributed by atoms with Gasteiger partial charge >= 0.3 is 5.97 Å². The van der Waals surface area contributed by atoms with Crippen LogP contribution in [0.5, 0.6) is 0 Å². The highest BCUT2D eigenvalue weighted by Crippen LogP contribution is 1.98. The number of carbonyl (C=O) groups excluding carboxylic acids is 1. The Labute approximate surface area is 82.4 Å². The Morgan fingerprint density at radius 3 is 2.57 bits per heavy atom. The summed E-state index contributed by atoms with van der Waals surface area (Å²) in [5.41, 5.74) is 7.38. The lowest BCUT2D eigenvalue weighted by Gasteiger charge is -2.02. The second-order valence-electron chi connectivity index (χ2n) is 2.85. The van der Waals surface area contributed by atoms with Crippen LogP contribution in [0.2, 0.25) is 0 Å². The van der Waals surface area contributed by atoms with Crippen molar-refractivity contribution in [2.24, 2.45) is 5.73 Å².